The van der Waals surface area contributed by atoms with E-state index in [1.807, 2.05) is 12.2 Å². The SMILES string of the molecule is C=C1C=C(C(C2CC2)n2c(CC3CC3)nc(=O)c(S(=O)(=O)c3ccc(-c4cccn(C)c4=O)cc3)c2O)C=CC1C. The number of nitrogens with zero attached hydrogens (tertiary/aromatic N) is 3. The highest BCUT2D eigenvalue weighted by Gasteiger charge is 2.40. The lowest BCUT2D eigenvalue weighted by molar-refractivity contribution is 0.347. The Morgan fingerprint density at radius 2 is 1.80 bits per heavy atom. The lowest BCUT2D eigenvalue weighted by atomic mass is 9.89. The first kappa shape index (κ1) is 27.2. The zero-order valence-electron chi connectivity index (χ0n) is 23.2. The fraction of sp³-hybridized carbons (Fsp3) is 0.344. The van der Waals surface area contributed by atoms with Crippen LogP contribution in [-0.2, 0) is 23.3 Å². The van der Waals surface area contributed by atoms with E-state index in [9.17, 15) is 23.1 Å². The number of aromatic hydroxyl groups is 1. The van der Waals surface area contributed by atoms with E-state index in [0.29, 0.717) is 29.3 Å². The molecule has 6 rings (SSSR count). The van der Waals surface area contributed by atoms with E-state index in [1.54, 1.807) is 29.9 Å². The third kappa shape index (κ3) is 5.03. The van der Waals surface area contributed by atoms with Crippen LogP contribution in [0, 0.1) is 17.8 Å². The summed E-state index contributed by atoms with van der Waals surface area (Å²) >= 11 is 0. The Morgan fingerprint density at radius 3 is 2.44 bits per heavy atom. The van der Waals surface area contributed by atoms with Crippen molar-refractivity contribution in [1.82, 2.24) is 14.1 Å². The summed E-state index contributed by atoms with van der Waals surface area (Å²) in [6, 6.07) is 8.82. The van der Waals surface area contributed by atoms with Gasteiger partial charge in [-0.3, -0.25) is 14.2 Å². The van der Waals surface area contributed by atoms with Crippen molar-refractivity contribution in [3.8, 4) is 17.0 Å². The quantitative estimate of drug-likeness (QED) is 0.418. The molecule has 2 aromatic heterocycles. The molecule has 0 amide bonds. The van der Waals surface area contributed by atoms with E-state index in [1.165, 1.54) is 28.8 Å². The van der Waals surface area contributed by atoms with Crippen LogP contribution in [0.4, 0.5) is 0 Å². The first-order valence-corrected chi connectivity index (χ1v) is 15.5. The Hall–Kier alpha value is -3.98. The first-order valence-electron chi connectivity index (χ1n) is 14.0. The predicted octanol–water partition coefficient (Wildman–Crippen LogP) is 4.74. The fourth-order valence-corrected chi connectivity index (χ4v) is 6.89. The highest BCUT2D eigenvalue weighted by molar-refractivity contribution is 7.91. The molecule has 0 aliphatic heterocycles. The van der Waals surface area contributed by atoms with Crippen molar-refractivity contribution in [3.05, 3.63) is 105 Å². The monoisotopic (exact) mass is 571 g/mol. The third-order valence-corrected chi connectivity index (χ3v) is 10.2. The second-order valence-electron chi connectivity index (χ2n) is 11.5. The van der Waals surface area contributed by atoms with Crippen LogP contribution in [0.5, 0.6) is 5.88 Å². The Kier molecular flexibility index (Phi) is 6.72. The maximum absolute atomic E-state index is 13.9. The van der Waals surface area contributed by atoms with Gasteiger partial charge in [-0.1, -0.05) is 43.9 Å². The Bertz CT molecular complexity index is 1840. The van der Waals surface area contributed by atoms with Crippen molar-refractivity contribution in [2.75, 3.05) is 0 Å². The highest BCUT2D eigenvalue weighted by Crippen LogP contribution is 2.48. The summed E-state index contributed by atoms with van der Waals surface area (Å²) in [7, 11) is -2.80. The topological polar surface area (TPSA) is 111 Å². The molecule has 2 heterocycles. The van der Waals surface area contributed by atoms with Crippen LogP contribution in [-0.4, -0.2) is 27.6 Å². The predicted molar refractivity (Wildman–Crippen MR) is 156 cm³/mol. The van der Waals surface area contributed by atoms with Gasteiger partial charge in [-0.05, 0) is 84.4 Å². The molecule has 41 heavy (non-hydrogen) atoms. The summed E-state index contributed by atoms with van der Waals surface area (Å²) < 4.78 is 30.8. The largest absolute Gasteiger partial charge is 0.493 e. The molecule has 2 unspecified atom stereocenters. The lowest BCUT2D eigenvalue weighted by Crippen LogP contribution is -2.29. The van der Waals surface area contributed by atoms with Crippen LogP contribution in [0.3, 0.4) is 0 Å². The number of rotatable bonds is 8. The van der Waals surface area contributed by atoms with Gasteiger partial charge in [0.1, 0.15) is 5.82 Å². The summed E-state index contributed by atoms with van der Waals surface area (Å²) in [5.41, 5.74) is 1.65. The molecular formula is C32H33N3O5S. The van der Waals surface area contributed by atoms with E-state index in [0.717, 1.165) is 36.8 Å². The number of aryl methyl sites for hydroxylation is 1. The van der Waals surface area contributed by atoms with Crippen LogP contribution < -0.4 is 11.1 Å². The Morgan fingerprint density at radius 1 is 1.10 bits per heavy atom. The van der Waals surface area contributed by atoms with Gasteiger partial charge in [0.15, 0.2) is 4.90 Å². The van der Waals surface area contributed by atoms with Crippen molar-refractivity contribution >= 4 is 9.84 Å². The molecule has 3 aliphatic rings. The molecule has 9 heteroatoms. The number of hydrogen-bond acceptors (Lipinski definition) is 6. The molecule has 3 aromatic rings. The molecule has 0 bridgehead atoms. The van der Waals surface area contributed by atoms with E-state index in [4.69, 9.17) is 0 Å². The molecule has 0 radical (unpaired) electrons. The van der Waals surface area contributed by atoms with Crippen molar-refractivity contribution < 1.29 is 13.5 Å². The van der Waals surface area contributed by atoms with Crippen LogP contribution in [0.15, 0.2) is 97.9 Å². The standard InChI is InChI=1S/C32H33N3O5S/c1-19-6-9-24(17-20(19)2)28(23-10-11-23)35-27(18-21-7-8-21)33-30(36)29(32(35)38)41(39,40)25-14-12-22(13-15-25)26-5-4-16-34(3)31(26)37/h4-6,9,12-17,19,21,23,28,38H,2,7-8,10-11,18H2,1,3H3. The molecule has 3 aliphatic carbocycles. The van der Waals surface area contributed by atoms with Crippen molar-refractivity contribution in [3.63, 3.8) is 0 Å². The number of hydrogen-bond donors (Lipinski definition) is 1. The van der Waals surface area contributed by atoms with Crippen LogP contribution in [0.2, 0.25) is 0 Å². The number of benzene rings is 1. The number of allylic oxidation sites excluding steroid dienone is 5. The molecule has 212 valence electrons. The summed E-state index contributed by atoms with van der Waals surface area (Å²) in [6.07, 6.45) is 12.1. The normalized spacial score (nSPS) is 19.7. The minimum atomic E-state index is -4.44. The van der Waals surface area contributed by atoms with Gasteiger partial charge >= 0.3 is 0 Å². The Labute approximate surface area is 238 Å². The molecule has 0 saturated heterocycles. The molecule has 0 spiro atoms. The van der Waals surface area contributed by atoms with Gasteiger partial charge in [0, 0.05) is 25.2 Å². The average molecular weight is 572 g/mol. The van der Waals surface area contributed by atoms with E-state index in [2.05, 4.69) is 24.6 Å². The van der Waals surface area contributed by atoms with E-state index < -0.39 is 26.2 Å². The van der Waals surface area contributed by atoms with Crippen molar-refractivity contribution in [2.24, 2.45) is 24.8 Å². The van der Waals surface area contributed by atoms with E-state index in [-0.39, 0.29) is 28.3 Å². The number of pyridine rings is 1. The minimum absolute atomic E-state index is 0.161. The van der Waals surface area contributed by atoms with Crippen LogP contribution in [0.25, 0.3) is 11.1 Å². The molecule has 2 saturated carbocycles. The third-order valence-electron chi connectivity index (χ3n) is 8.37. The second-order valence-corrected chi connectivity index (χ2v) is 13.4. The maximum Gasteiger partial charge on any atom is 0.296 e. The zero-order valence-corrected chi connectivity index (χ0v) is 24.0. The molecule has 1 N–H and O–H groups in total. The van der Waals surface area contributed by atoms with Crippen LogP contribution >= 0.6 is 0 Å². The van der Waals surface area contributed by atoms with Gasteiger partial charge in [0.25, 0.3) is 11.1 Å². The maximum atomic E-state index is 13.9. The summed E-state index contributed by atoms with van der Waals surface area (Å²) in [6.45, 7) is 6.23. The van der Waals surface area contributed by atoms with Gasteiger partial charge in [-0.25, -0.2) is 8.42 Å². The van der Waals surface area contributed by atoms with Gasteiger partial charge < -0.3 is 9.67 Å². The molecule has 1 aromatic carbocycles. The van der Waals surface area contributed by atoms with Crippen molar-refractivity contribution in [1.29, 1.82) is 0 Å². The zero-order chi connectivity index (χ0) is 29.1. The highest BCUT2D eigenvalue weighted by atomic mass is 32.2. The average Bonchev–Trinajstić information content (AvgIpc) is 3.86. The minimum Gasteiger partial charge on any atom is -0.493 e. The summed E-state index contributed by atoms with van der Waals surface area (Å²) in [5, 5.41) is 11.7. The van der Waals surface area contributed by atoms with Gasteiger partial charge in [0.2, 0.25) is 15.7 Å². The number of aromatic nitrogens is 3. The summed E-state index contributed by atoms with van der Waals surface area (Å²) in [5.74, 6) is 0.569. The smallest absolute Gasteiger partial charge is 0.296 e. The first-order chi connectivity index (χ1) is 19.6. The molecule has 2 atom stereocenters. The van der Waals surface area contributed by atoms with Crippen LogP contribution in [0.1, 0.15) is 44.5 Å². The molecular weight excluding hydrogens is 538 g/mol. The Balaban J connectivity index is 1.47. The van der Waals surface area contributed by atoms with Gasteiger partial charge in [-0.15, -0.1) is 0 Å². The molecule has 2 fully saturated rings. The van der Waals surface area contributed by atoms with E-state index >= 15 is 0 Å². The van der Waals surface area contributed by atoms with Crippen molar-refractivity contribution in [2.45, 2.75) is 54.9 Å². The molecule has 8 nitrogen and oxygen atoms in total. The van der Waals surface area contributed by atoms with Gasteiger partial charge in [0.05, 0.1) is 10.9 Å². The van der Waals surface area contributed by atoms with Gasteiger partial charge in [-0.2, -0.15) is 4.98 Å². The number of sulfone groups is 1. The fourth-order valence-electron chi connectivity index (χ4n) is 5.55. The summed E-state index contributed by atoms with van der Waals surface area (Å²) in [4.78, 5) is 29.3. The second kappa shape index (κ2) is 10.1. The lowest BCUT2D eigenvalue weighted by Gasteiger charge is -2.29.